The number of nitrogens with one attached hydrogen (secondary N) is 1. The van der Waals surface area contributed by atoms with Crippen LogP contribution < -0.4 is 10.2 Å². The van der Waals surface area contributed by atoms with Crippen molar-refractivity contribution in [2.75, 3.05) is 23.3 Å². The van der Waals surface area contributed by atoms with Crippen molar-refractivity contribution >= 4 is 17.5 Å². The second-order valence-corrected chi connectivity index (χ2v) is 6.09. The molecule has 0 unspecified atom stereocenters. The molecule has 1 heterocycles. The van der Waals surface area contributed by atoms with Gasteiger partial charge in [0.05, 0.1) is 11.4 Å². The Morgan fingerprint density at radius 2 is 2.05 bits per heavy atom. The summed E-state index contributed by atoms with van der Waals surface area (Å²) in [4.78, 5) is 14.1. The zero-order valence-electron chi connectivity index (χ0n) is 12.1. The number of carbonyl (C=O) groups is 1. The molecule has 0 aliphatic carbocycles. The maximum atomic E-state index is 12.4. The monoisotopic (exact) mass is 262 g/mol. The summed E-state index contributed by atoms with van der Waals surface area (Å²) in [6, 6.07) is 7.85. The Hall–Kier alpha value is -1.71. The van der Waals surface area contributed by atoms with Gasteiger partial charge in [-0.3, -0.25) is 4.90 Å². The van der Waals surface area contributed by atoms with Crippen LogP contribution in [0.15, 0.2) is 24.3 Å². The number of benzene rings is 1. The van der Waals surface area contributed by atoms with Crippen molar-refractivity contribution in [3.8, 4) is 0 Å². The van der Waals surface area contributed by atoms with Gasteiger partial charge in [-0.1, -0.05) is 19.1 Å². The van der Waals surface area contributed by atoms with Gasteiger partial charge >= 0.3 is 6.09 Å². The van der Waals surface area contributed by atoms with Gasteiger partial charge in [0.1, 0.15) is 5.60 Å². The van der Waals surface area contributed by atoms with Gasteiger partial charge in [-0.25, -0.2) is 4.79 Å². The van der Waals surface area contributed by atoms with Gasteiger partial charge in [0.15, 0.2) is 0 Å². The minimum atomic E-state index is -0.477. The highest BCUT2D eigenvalue weighted by Crippen LogP contribution is 2.30. The number of hydrogen-bond acceptors (Lipinski definition) is 3. The molecule has 0 bridgehead atoms. The predicted octanol–water partition coefficient (Wildman–Crippen LogP) is 3.49. The first-order chi connectivity index (χ1) is 8.87. The Morgan fingerprint density at radius 1 is 1.37 bits per heavy atom. The summed E-state index contributed by atoms with van der Waals surface area (Å²) in [5, 5.41) is 3.37. The zero-order valence-corrected chi connectivity index (χ0v) is 12.1. The van der Waals surface area contributed by atoms with Crippen LogP contribution in [0.5, 0.6) is 0 Å². The molecule has 19 heavy (non-hydrogen) atoms. The Kier molecular flexibility index (Phi) is 3.69. The Labute approximate surface area is 114 Å². The van der Waals surface area contributed by atoms with Crippen LogP contribution in [0.4, 0.5) is 16.2 Å². The number of ether oxygens (including phenoxy) is 1. The number of anilines is 2. The van der Waals surface area contributed by atoms with E-state index in [1.165, 1.54) is 0 Å². The van der Waals surface area contributed by atoms with Crippen LogP contribution in [-0.4, -0.2) is 24.8 Å². The summed E-state index contributed by atoms with van der Waals surface area (Å²) < 4.78 is 5.50. The van der Waals surface area contributed by atoms with E-state index in [-0.39, 0.29) is 6.09 Å². The van der Waals surface area contributed by atoms with Gasteiger partial charge < -0.3 is 10.1 Å². The number of fused-ring (bicyclic) bond motifs is 1. The standard InChI is InChI=1S/C15H22N2O2/c1-11-9-16-12-7-5-6-8-13(12)17(10-11)14(18)19-15(2,3)4/h5-8,11,16H,9-10H2,1-4H3/t11-/m0/s1. The molecule has 0 saturated heterocycles. The smallest absolute Gasteiger partial charge is 0.414 e. The zero-order chi connectivity index (χ0) is 14.0. The molecule has 4 heteroatoms. The van der Waals surface area contributed by atoms with E-state index < -0.39 is 5.60 Å². The molecule has 1 aromatic carbocycles. The van der Waals surface area contributed by atoms with E-state index in [1.807, 2.05) is 45.0 Å². The van der Waals surface area contributed by atoms with E-state index in [2.05, 4.69) is 12.2 Å². The van der Waals surface area contributed by atoms with Crippen molar-refractivity contribution < 1.29 is 9.53 Å². The minimum absolute atomic E-state index is 0.282. The average molecular weight is 262 g/mol. The first-order valence-corrected chi connectivity index (χ1v) is 6.70. The van der Waals surface area contributed by atoms with Crippen molar-refractivity contribution in [3.63, 3.8) is 0 Å². The molecule has 4 nitrogen and oxygen atoms in total. The molecular weight excluding hydrogens is 240 g/mol. The molecule has 0 spiro atoms. The van der Waals surface area contributed by atoms with E-state index in [0.29, 0.717) is 12.5 Å². The van der Waals surface area contributed by atoms with Crippen molar-refractivity contribution in [3.05, 3.63) is 24.3 Å². The number of hydrogen-bond donors (Lipinski definition) is 1. The summed E-state index contributed by atoms with van der Waals surface area (Å²) in [6.07, 6.45) is -0.282. The molecule has 0 aromatic heterocycles. The van der Waals surface area contributed by atoms with Crippen LogP contribution in [0.3, 0.4) is 0 Å². The summed E-state index contributed by atoms with van der Waals surface area (Å²) in [5.74, 6) is 0.375. The third-order valence-corrected chi connectivity index (χ3v) is 2.94. The number of nitrogens with zero attached hydrogens (tertiary/aromatic N) is 1. The van der Waals surface area contributed by atoms with Crippen molar-refractivity contribution in [1.82, 2.24) is 0 Å². The Balaban J connectivity index is 2.29. The third kappa shape index (κ3) is 3.40. The van der Waals surface area contributed by atoms with Crippen LogP contribution in [0.2, 0.25) is 0 Å². The summed E-state index contributed by atoms with van der Waals surface area (Å²) in [6.45, 7) is 9.30. The molecule has 104 valence electrons. The number of para-hydroxylation sites is 2. The van der Waals surface area contributed by atoms with E-state index in [4.69, 9.17) is 4.74 Å². The fourth-order valence-electron chi connectivity index (χ4n) is 2.11. The van der Waals surface area contributed by atoms with Crippen molar-refractivity contribution in [1.29, 1.82) is 0 Å². The Morgan fingerprint density at radius 3 is 2.74 bits per heavy atom. The van der Waals surface area contributed by atoms with Gasteiger partial charge in [0.25, 0.3) is 0 Å². The topological polar surface area (TPSA) is 41.6 Å². The molecule has 1 aliphatic rings. The molecule has 2 rings (SSSR count). The van der Waals surface area contributed by atoms with Gasteiger partial charge in [0, 0.05) is 13.1 Å². The summed E-state index contributed by atoms with van der Waals surface area (Å²) in [5.41, 5.74) is 1.40. The largest absolute Gasteiger partial charge is 0.443 e. The van der Waals surface area contributed by atoms with Crippen molar-refractivity contribution in [2.45, 2.75) is 33.3 Å². The second kappa shape index (κ2) is 5.11. The fraction of sp³-hybridized carbons (Fsp3) is 0.533. The summed E-state index contributed by atoms with van der Waals surface area (Å²) >= 11 is 0. The molecule has 1 amide bonds. The fourth-order valence-corrected chi connectivity index (χ4v) is 2.11. The molecule has 0 fully saturated rings. The predicted molar refractivity (Wildman–Crippen MR) is 77.7 cm³/mol. The second-order valence-electron chi connectivity index (χ2n) is 6.09. The highest BCUT2D eigenvalue weighted by Gasteiger charge is 2.28. The number of amides is 1. The van der Waals surface area contributed by atoms with Crippen LogP contribution >= 0.6 is 0 Å². The van der Waals surface area contributed by atoms with Crippen LogP contribution in [0.25, 0.3) is 0 Å². The van der Waals surface area contributed by atoms with E-state index in [0.717, 1.165) is 17.9 Å². The number of rotatable bonds is 0. The maximum Gasteiger partial charge on any atom is 0.414 e. The van der Waals surface area contributed by atoms with E-state index in [1.54, 1.807) is 4.90 Å². The van der Waals surface area contributed by atoms with Crippen LogP contribution in [0.1, 0.15) is 27.7 Å². The lowest BCUT2D eigenvalue weighted by Gasteiger charge is -2.28. The van der Waals surface area contributed by atoms with Gasteiger partial charge in [-0.15, -0.1) is 0 Å². The van der Waals surface area contributed by atoms with Gasteiger partial charge in [0.2, 0.25) is 0 Å². The molecule has 0 radical (unpaired) electrons. The lowest BCUT2D eigenvalue weighted by atomic mass is 10.2. The average Bonchev–Trinajstić information content (AvgIpc) is 2.47. The summed E-state index contributed by atoms with van der Waals surface area (Å²) in [7, 11) is 0. The SMILES string of the molecule is C[C@H]1CNc2ccccc2N(C(=O)OC(C)(C)C)C1. The van der Waals surface area contributed by atoms with E-state index in [9.17, 15) is 4.79 Å². The van der Waals surface area contributed by atoms with Gasteiger partial charge in [-0.2, -0.15) is 0 Å². The lowest BCUT2D eigenvalue weighted by Crippen LogP contribution is -2.39. The van der Waals surface area contributed by atoms with Crippen LogP contribution in [-0.2, 0) is 4.74 Å². The molecule has 1 atom stereocenters. The molecular formula is C15H22N2O2. The lowest BCUT2D eigenvalue weighted by molar-refractivity contribution is 0.0577. The first-order valence-electron chi connectivity index (χ1n) is 6.70. The molecule has 0 saturated carbocycles. The normalized spacial score (nSPS) is 19.2. The first kappa shape index (κ1) is 13.7. The number of carbonyl (C=O) groups excluding carboxylic acids is 1. The van der Waals surface area contributed by atoms with Crippen molar-refractivity contribution in [2.24, 2.45) is 5.92 Å². The highest BCUT2D eigenvalue weighted by atomic mass is 16.6. The van der Waals surface area contributed by atoms with Gasteiger partial charge in [-0.05, 0) is 38.8 Å². The van der Waals surface area contributed by atoms with Crippen LogP contribution in [0, 0.1) is 5.92 Å². The molecule has 1 N–H and O–H groups in total. The van der Waals surface area contributed by atoms with E-state index >= 15 is 0 Å². The minimum Gasteiger partial charge on any atom is -0.443 e. The maximum absolute atomic E-state index is 12.4. The molecule has 1 aliphatic heterocycles. The highest BCUT2D eigenvalue weighted by molar-refractivity contribution is 5.92. The molecule has 1 aromatic rings. The quantitative estimate of drug-likeness (QED) is 0.778. The Bertz CT molecular complexity index is 465. The third-order valence-electron chi connectivity index (χ3n) is 2.94.